The second-order valence-corrected chi connectivity index (χ2v) is 8.20. The van der Waals surface area contributed by atoms with Crippen LogP contribution in [0.3, 0.4) is 0 Å². The lowest BCUT2D eigenvalue weighted by atomic mass is 9.74. The van der Waals surface area contributed by atoms with Crippen molar-refractivity contribution in [3.05, 3.63) is 76.9 Å². The van der Waals surface area contributed by atoms with E-state index in [9.17, 15) is 5.11 Å². The largest absolute Gasteiger partial charge is 0.396 e. The number of fused-ring (bicyclic) bond motifs is 1. The van der Waals surface area contributed by atoms with Crippen molar-refractivity contribution < 1.29 is 5.11 Å². The molecule has 1 fully saturated rings. The second-order valence-electron chi connectivity index (χ2n) is 7.77. The first-order valence-corrected chi connectivity index (χ1v) is 9.95. The Kier molecular flexibility index (Phi) is 5.44. The monoisotopic (exact) mass is 380 g/mol. The van der Waals surface area contributed by atoms with Gasteiger partial charge in [0, 0.05) is 29.8 Å². The molecule has 27 heavy (non-hydrogen) atoms. The molecule has 0 unspecified atom stereocenters. The third-order valence-electron chi connectivity index (χ3n) is 5.82. The van der Waals surface area contributed by atoms with Gasteiger partial charge in [-0.1, -0.05) is 35.9 Å². The summed E-state index contributed by atoms with van der Waals surface area (Å²) in [6.07, 6.45) is 4.78. The van der Waals surface area contributed by atoms with Gasteiger partial charge in [-0.15, -0.1) is 0 Å². The smallest absolute Gasteiger partial charge is 0.0702 e. The Morgan fingerprint density at radius 1 is 1.00 bits per heavy atom. The van der Waals surface area contributed by atoms with Gasteiger partial charge in [-0.25, -0.2) is 0 Å². The lowest BCUT2D eigenvalue weighted by molar-refractivity contribution is 0.0414. The molecular weight excluding hydrogens is 356 g/mol. The van der Waals surface area contributed by atoms with Crippen LogP contribution < -0.4 is 0 Å². The van der Waals surface area contributed by atoms with Crippen LogP contribution in [0.1, 0.15) is 24.0 Å². The Morgan fingerprint density at radius 2 is 1.74 bits per heavy atom. The Bertz CT molecular complexity index is 902. The summed E-state index contributed by atoms with van der Waals surface area (Å²) in [4.78, 5) is 6.89. The van der Waals surface area contributed by atoms with E-state index in [-0.39, 0.29) is 12.0 Å². The molecule has 3 aromatic rings. The molecule has 0 aliphatic carbocycles. The molecule has 2 heterocycles. The van der Waals surface area contributed by atoms with Crippen molar-refractivity contribution >= 4 is 22.5 Å². The third kappa shape index (κ3) is 4.32. The molecule has 4 heteroatoms. The first kappa shape index (κ1) is 18.4. The van der Waals surface area contributed by atoms with Crippen LogP contribution in [0.4, 0.5) is 0 Å². The van der Waals surface area contributed by atoms with Crippen molar-refractivity contribution in [2.45, 2.75) is 25.8 Å². The first-order chi connectivity index (χ1) is 13.2. The van der Waals surface area contributed by atoms with E-state index in [1.165, 1.54) is 16.5 Å². The molecule has 1 aliphatic heterocycles. The van der Waals surface area contributed by atoms with Gasteiger partial charge in [0.1, 0.15) is 0 Å². The molecule has 0 spiro atoms. The zero-order valence-corrected chi connectivity index (χ0v) is 16.2. The summed E-state index contributed by atoms with van der Waals surface area (Å²) < 4.78 is 0. The molecule has 1 aliphatic rings. The summed E-state index contributed by atoms with van der Waals surface area (Å²) in [5, 5.41) is 12.1. The molecule has 2 aromatic carbocycles. The standard InChI is InChI=1S/C23H25ClN2O/c24-21-6-3-18(4-7-21)15-23(17-27)9-12-26(13-10-23)16-19-5-8-22-20(14-19)2-1-11-25-22/h1-8,11,14,27H,9-10,12-13,15-17H2. The highest BCUT2D eigenvalue weighted by molar-refractivity contribution is 6.30. The average molecular weight is 381 g/mol. The van der Waals surface area contributed by atoms with Gasteiger partial charge < -0.3 is 5.11 Å². The highest BCUT2D eigenvalue weighted by Gasteiger charge is 2.34. The summed E-state index contributed by atoms with van der Waals surface area (Å²) in [6, 6.07) is 18.7. The summed E-state index contributed by atoms with van der Waals surface area (Å²) in [6.45, 7) is 3.22. The molecule has 0 amide bonds. The molecule has 0 bridgehead atoms. The molecule has 0 radical (unpaired) electrons. The van der Waals surface area contributed by atoms with Crippen molar-refractivity contribution in [2.24, 2.45) is 5.41 Å². The van der Waals surface area contributed by atoms with E-state index in [2.05, 4.69) is 46.3 Å². The lowest BCUT2D eigenvalue weighted by Gasteiger charge is -2.41. The quantitative estimate of drug-likeness (QED) is 0.696. The second kappa shape index (κ2) is 7.97. The first-order valence-electron chi connectivity index (χ1n) is 9.57. The van der Waals surface area contributed by atoms with Crippen LogP contribution in [0.25, 0.3) is 10.9 Å². The van der Waals surface area contributed by atoms with Crippen LogP contribution in [-0.4, -0.2) is 34.7 Å². The van der Waals surface area contributed by atoms with E-state index >= 15 is 0 Å². The van der Waals surface area contributed by atoms with Gasteiger partial charge in [0.25, 0.3) is 0 Å². The number of aromatic nitrogens is 1. The Labute approximate surface area is 165 Å². The Hall–Kier alpha value is -1.94. The Morgan fingerprint density at radius 3 is 2.48 bits per heavy atom. The predicted molar refractivity (Wildman–Crippen MR) is 111 cm³/mol. The van der Waals surface area contributed by atoms with E-state index < -0.39 is 0 Å². The van der Waals surface area contributed by atoms with Crippen molar-refractivity contribution in [3.8, 4) is 0 Å². The molecular formula is C23H25ClN2O. The lowest BCUT2D eigenvalue weighted by Crippen LogP contribution is -2.42. The number of pyridine rings is 1. The van der Waals surface area contributed by atoms with E-state index in [1.807, 2.05) is 24.4 Å². The molecule has 0 atom stereocenters. The van der Waals surface area contributed by atoms with Gasteiger partial charge in [-0.2, -0.15) is 0 Å². The van der Waals surface area contributed by atoms with E-state index in [1.54, 1.807) is 0 Å². The number of nitrogens with zero attached hydrogens (tertiary/aromatic N) is 2. The summed E-state index contributed by atoms with van der Waals surface area (Å²) in [7, 11) is 0. The molecule has 1 aromatic heterocycles. The van der Waals surface area contributed by atoms with Crippen LogP contribution in [0, 0.1) is 5.41 Å². The van der Waals surface area contributed by atoms with Gasteiger partial charge in [0.05, 0.1) is 5.52 Å². The number of rotatable bonds is 5. The van der Waals surface area contributed by atoms with Crippen LogP contribution in [0.15, 0.2) is 60.8 Å². The zero-order valence-electron chi connectivity index (χ0n) is 15.4. The SMILES string of the molecule is OCC1(Cc2ccc(Cl)cc2)CCN(Cc2ccc3ncccc3c2)CC1. The van der Waals surface area contributed by atoms with Gasteiger partial charge in [-0.3, -0.25) is 9.88 Å². The van der Waals surface area contributed by atoms with E-state index in [0.29, 0.717) is 0 Å². The number of halogens is 1. The summed E-state index contributed by atoms with van der Waals surface area (Å²) in [5.74, 6) is 0. The van der Waals surface area contributed by atoms with Crippen LogP contribution in [-0.2, 0) is 13.0 Å². The van der Waals surface area contributed by atoms with Gasteiger partial charge in [0.2, 0.25) is 0 Å². The van der Waals surface area contributed by atoms with Crippen molar-refractivity contribution in [1.82, 2.24) is 9.88 Å². The maximum atomic E-state index is 10.1. The van der Waals surface area contributed by atoms with Crippen LogP contribution >= 0.6 is 11.6 Å². The van der Waals surface area contributed by atoms with E-state index in [4.69, 9.17) is 11.6 Å². The topological polar surface area (TPSA) is 36.4 Å². The van der Waals surface area contributed by atoms with Crippen molar-refractivity contribution in [1.29, 1.82) is 0 Å². The van der Waals surface area contributed by atoms with Gasteiger partial charge >= 0.3 is 0 Å². The Balaban J connectivity index is 1.39. The minimum atomic E-state index is -0.0162. The number of aliphatic hydroxyl groups is 1. The third-order valence-corrected chi connectivity index (χ3v) is 6.07. The fourth-order valence-corrected chi connectivity index (χ4v) is 4.22. The number of hydrogen-bond donors (Lipinski definition) is 1. The molecule has 1 N–H and O–H groups in total. The molecule has 140 valence electrons. The zero-order chi connectivity index (χ0) is 18.7. The molecule has 0 saturated carbocycles. The summed E-state index contributed by atoms with van der Waals surface area (Å²) in [5.41, 5.74) is 3.60. The maximum absolute atomic E-state index is 10.1. The van der Waals surface area contributed by atoms with Crippen molar-refractivity contribution in [2.75, 3.05) is 19.7 Å². The van der Waals surface area contributed by atoms with Gasteiger partial charge in [-0.05, 0) is 79.2 Å². The maximum Gasteiger partial charge on any atom is 0.0702 e. The van der Waals surface area contributed by atoms with Gasteiger partial charge in [0.15, 0.2) is 0 Å². The van der Waals surface area contributed by atoms with Crippen LogP contribution in [0.5, 0.6) is 0 Å². The molecule has 4 rings (SSSR count). The van der Waals surface area contributed by atoms with E-state index in [0.717, 1.165) is 49.4 Å². The average Bonchev–Trinajstić information content (AvgIpc) is 2.71. The molecule has 3 nitrogen and oxygen atoms in total. The highest BCUT2D eigenvalue weighted by atomic mass is 35.5. The fourth-order valence-electron chi connectivity index (χ4n) is 4.09. The number of likely N-dealkylation sites (tertiary alicyclic amines) is 1. The summed E-state index contributed by atoms with van der Waals surface area (Å²) >= 11 is 6.00. The number of aliphatic hydroxyl groups excluding tert-OH is 1. The van der Waals surface area contributed by atoms with Crippen molar-refractivity contribution in [3.63, 3.8) is 0 Å². The number of hydrogen-bond acceptors (Lipinski definition) is 3. The highest BCUT2D eigenvalue weighted by Crippen LogP contribution is 2.35. The number of piperidine rings is 1. The number of benzene rings is 2. The minimum absolute atomic E-state index is 0.0162. The predicted octanol–water partition coefficient (Wildman–Crippen LogP) is 4.71. The minimum Gasteiger partial charge on any atom is -0.396 e. The normalized spacial score (nSPS) is 17.3. The fraction of sp³-hybridized carbons (Fsp3) is 0.348. The van der Waals surface area contributed by atoms with Crippen LogP contribution in [0.2, 0.25) is 5.02 Å². The molecule has 1 saturated heterocycles.